The van der Waals surface area contributed by atoms with E-state index in [-0.39, 0.29) is 12.1 Å². The van der Waals surface area contributed by atoms with E-state index in [0.29, 0.717) is 5.70 Å². The average Bonchev–Trinajstić information content (AvgIpc) is 2.60. The van der Waals surface area contributed by atoms with Gasteiger partial charge in [0, 0.05) is 25.5 Å². The Morgan fingerprint density at radius 2 is 2.04 bits per heavy atom. The van der Waals surface area contributed by atoms with Crippen molar-refractivity contribution in [2.75, 3.05) is 26.4 Å². The molecule has 1 fully saturated rings. The van der Waals surface area contributed by atoms with E-state index < -0.39 is 0 Å². The summed E-state index contributed by atoms with van der Waals surface area (Å²) in [4.78, 5) is 13.9. The third-order valence-corrected chi connectivity index (χ3v) is 4.25. The van der Waals surface area contributed by atoms with Crippen LogP contribution in [0, 0.1) is 0 Å². The molecule has 1 aliphatic heterocycles. The molecule has 2 amide bonds. The monoisotopic (exact) mass is 336 g/mol. The summed E-state index contributed by atoms with van der Waals surface area (Å²) in [5, 5.41) is 6.05. The lowest BCUT2D eigenvalue weighted by atomic mass is 10.1. The Balaban J connectivity index is 1.91. The number of nitrogens with zero attached hydrogens (tertiary/aromatic N) is 1. The lowest BCUT2D eigenvalue weighted by Crippen LogP contribution is -2.46. The Kier molecular flexibility index (Phi) is 6.61. The van der Waals surface area contributed by atoms with Crippen molar-refractivity contribution in [3.05, 3.63) is 36.0 Å². The zero-order valence-corrected chi connectivity index (χ0v) is 14.4. The van der Waals surface area contributed by atoms with Crippen LogP contribution in [0.4, 0.5) is 4.79 Å². The molecule has 126 valence electrons. The van der Waals surface area contributed by atoms with E-state index >= 15 is 0 Å². The number of hydrogen-bond donors (Lipinski definition) is 3. The van der Waals surface area contributed by atoms with Crippen molar-refractivity contribution in [2.45, 2.75) is 18.9 Å². The molecule has 7 heteroatoms. The molecule has 0 aromatic heterocycles. The molecule has 23 heavy (non-hydrogen) atoms. The second-order valence-electron chi connectivity index (χ2n) is 5.42. The van der Waals surface area contributed by atoms with Gasteiger partial charge in [0.25, 0.3) is 0 Å². The van der Waals surface area contributed by atoms with Crippen LogP contribution in [0.2, 0.25) is 0 Å². The first-order valence-corrected chi connectivity index (χ1v) is 8.77. The minimum Gasteiger partial charge on any atom is -0.426 e. The van der Waals surface area contributed by atoms with Gasteiger partial charge in [-0.15, -0.1) is 0 Å². The molecular formula is C16H24N4O2S. The number of urea groups is 1. The summed E-state index contributed by atoms with van der Waals surface area (Å²) in [5.74, 6) is 0.767. The first-order valence-electron chi connectivity index (χ1n) is 7.62. The molecule has 1 aromatic rings. The van der Waals surface area contributed by atoms with Gasteiger partial charge >= 0.3 is 6.03 Å². The number of hydrogen-bond acceptors (Lipinski definition) is 5. The van der Waals surface area contributed by atoms with E-state index in [9.17, 15) is 4.79 Å². The van der Waals surface area contributed by atoms with E-state index in [2.05, 4.69) is 10.6 Å². The molecule has 0 atom stereocenters. The fourth-order valence-corrected chi connectivity index (χ4v) is 2.79. The topological polar surface area (TPSA) is 79.6 Å². The van der Waals surface area contributed by atoms with Crippen molar-refractivity contribution in [1.82, 2.24) is 15.5 Å². The highest BCUT2D eigenvalue weighted by Gasteiger charge is 2.21. The van der Waals surface area contributed by atoms with Gasteiger partial charge in [0.05, 0.1) is 17.7 Å². The van der Waals surface area contributed by atoms with Crippen LogP contribution < -0.4 is 20.6 Å². The van der Waals surface area contributed by atoms with Crippen molar-refractivity contribution in [2.24, 2.45) is 5.73 Å². The van der Waals surface area contributed by atoms with Crippen molar-refractivity contribution in [1.29, 1.82) is 0 Å². The quantitative estimate of drug-likeness (QED) is 0.717. The van der Waals surface area contributed by atoms with Crippen LogP contribution in [-0.2, 0) is 0 Å². The van der Waals surface area contributed by atoms with E-state index in [4.69, 9.17) is 9.92 Å². The largest absolute Gasteiger partial charge is 0.426 e. The fourth-order valence-electron chi connectivity index (χ4n) is 2.48. The average molecular weight is 336 g/mol. The van der Waals surface area contributed by atoms with Crippen molar-refractivity contribution in [3.63, 3.8) is 0 Å². The SMILES string of the molecule is CSOc1ccc(/C(N)=C/NC(=O)N(C)C2CCNCC2)cc1. The summed E-state index contributed by atoms with van der Waals surface area (Å²) >= 11 is 1.29. The molecule has 0 saturated carbocycles. The highest BCUT2D eigenvalue weighted by Crippen LogP contribution is 2.18. The van der Waals surface area contributed by atoms with Gasteiger partial charge in [0.15, 0.2) is 0 Å². The highest BCUT2D eigenvalue weighted by molar-refractivity contribution is 7.94. The number of nitrogens with two attached hydrogens (primary N) is 1. The van der Waals surface area contributed by atoms with Gasteiger partial charge in [0.1, 0.15) is 5.75 Å². The summed E-state index contributed by atoms with van der Waals surface area (Å²) in [6, 6.07) is 7.54. The molecule has 0 bridgehead atoms. The standard InChI is InChI=1S/C16H24N4O2S/c1-20(13-7-9-18-10-8-13)16(21)19-11-15(17)12-3-5-14(6-4-12)22-23-2/h3-6,11,13,18H,7-10,17H2,1-2H3,(H,19,21)/b15-11-. The smallest absolute Gasteiger partial charge is 0.321 e. The van der Waals surface area contributed by atoms with Crippen molar-refractivity contribution in [3.8, 4) is 5.75 Å². The van der Waals surface area contributed by atoms with Gasteiger partial charge in [-0.25, -0.2) is 4.79 Å². The van der Waals surface area contributed by atoms with E-state index in [1.807, 2.05) is 37.6 Å². The second kappa shape index (κ2) is 8.69. The highest BCUT2D eigenvalue weighted by atomic mass is 32.2. The minimum absolute atomic E-state index is 0.137. The van der Waals surface area contributed by atoms with Crippen LogP contribution in [0.15, 0.2) is 30.5 Å². The third kappa shape index (κ3) is 5.07. The minimum atomic E-state index is -0.137. The summed E-state index contributed by atoms with van der Waals surface area (Å²) in [6.07, 6.45) is 5.35. The number of amides is 2. The molecule has 0 unspecified atom stereocenters. The normalized spacial score (nSPS) is 16.0. The molecule has 0 radical (unpaired) electrons. The number of piperidine rings is 1. The maximum Gasteiger partial charge on any atom is 0.321 e. The molecular weight excluding hydrogens is 312 g/mol. The van der Waals surface area contributed by atoms with Crippen molar-refractivity contribution >= 4 is 23.8 Å². The van der Waals surface area contributed by atoms with Gasteiger partial charge in [-0.2, -0.15) is 0 Å². The Bertz CT molecular complexity index is 542. The summed E-state index contributed by atoms with van der Waals surface area (Å²) in [5.41, 5.74) is 7.36. The summed E-state index contributed by atoms with van der Waals surface area (Å²) in [7, 11) is 1.82. The second-order valence-corrected chi connectivity index (χ2v) is 5.92. The molecule has 1 aliphatic rings. The molecule has 1 heterocycles. The molecule has 2 rings (SSSR count). The Labute approximate surface area is 141 Å². The molecule has 1 saturated heterocycles. The summed E-state index contributed by atoms with van der Waals surface area (Å²) < 4.78 is 5.31. The third-order valence-electron chi connectivity index (χ3n) is 3.90. The van der Waals surface area contributed by atoms with E-state index in [1.54, 1.807) is 11.1 Å². The fraction of sp³-hybridized carbons (Fsp3) is 0.438. The van der Waals surface area contributed by atoms with Gasteiger partial charge in [-0.05, 0) is 55.8 Å². The molecule has 1 aromatic carbocycles. The Hall–Kier alpha value is -1.86. The van der Waals surface area contributed by atoms with Crippen LogP contribution in [-0.4, -0.2) is 43.4 Å². The summed E-state index contributed by atoms with van der Waals surface area (Å²) in [6.45, 7) is 1.90. The number of carbonyl (C=O) groups is 1. The van der Waals surface area contributed by atoms with Crippen LogP contribution >= 0.6 is 12.0 Å². The molecule has 4 N–H and O–H groups in total. The number of rotatable bonds is 5. The Morgan fingerprint density at radius 1 is 1.39 bits per heavy atom. The van der Waals surface area contributed by atoms with Crippen LogP contribution in [0.5, 0.6) is 5.75 Å². The maximum atomic E-state index is 12.2. The van der Waals surface area contributed by atoms with E-state index in [0.717, 1.165) is 37.2 Å². The van der Waals surface area contributed by atoms with Gasteiger partial charge < -0.3 is 25.5 Å². The van der Waals surface area contributed by atoms with Gasteiger partial charge in [-0.3, -0.25) is 0 Å². The van der Waals surface area contributed by atoms with Crippen LogP contribution in [0.3, 0.4) is 0 Å². The number of benzene rings is 1. The van der Waals surface area contributed by atoms with Crippen molar-refractivity contribution < 1.29 is 8.98 Å². The first kappa shape index (κ1) is 17.5. The Morgan fingerprint density at radius 3 is 2.65 bits per heavy atom. The predicted molar refractivity (Wildman–Crippen MR) is 94.9 cm³/mol. The maximum absolute atomic E-state index is 12.2. The molecule has 6 nitrogen and oxygen atoms in total. The van der Waals surface area contributed by atoms with Gasteiger partial charge in [-0.1, -0.05) is 0 Å². The lowest BCUT2D eigenvalue weighted by Gasteiger charge is -2.31. The van der Waals surface area contributed by atoms with Crippen LogP contribution in [0.1, 0.15) is 18.4 Å². The zero-order valence-electron chi connectivity index (χ0n) is 13.5. The predicted octanol–water partition coefficient (Wildman–Crippen LogP) is 1.99. The number of nitrogens with one attached hydrogen (secondary N) is 2. The van der Waals surface area contributed by atoms with E-state index in [1.165, 1.54) is 12.0 Å². The van der Waals surface area contributed by atoms with Crippen LogP contribution in [0.25, 0.3) is 5.70 Å². The zero-order chi connectivity index (χ0) is 16.7. The number of carbonyl (C=O) groups excluding carboxylic acids is 1. The molecule has 0 aliphatic carbocycles. The lowest BCUT2D eigenvalue weighted by molar-refractivity contribution is 0.180. The first-order chi connectivity index (χ1) is 11.1. The molecule has 0 spiro atoms. The van der Waals surface area contributed by atoms with Gasteiger partial charge in [0.2, 0.25) is 0 Å².